The molecule has 1 aliphatic rings. The third kappa shape index (κ3) is 3.83. The van der Waals surface area contributed by atoms with Gasteiger partial charge in [0.05, 0.1) is 18.0 Å². The Morgan fingerprint density at radius 1 is 1.19 bits per heavy atom. The summed E-state index contributed by atoms with van der Waals surface area (Å²) >= 11 is 0. The molecule has 2 heterocycles. The molecule has 6 heteroatoms. The Morgan fingerprint density at radius 3 is 2.38 bits per heavy atom. The van der Waals surface area contributed by atoms with Crippen LogP contribution < -0.4 is 5.32 Å². The molecule has 1 aromatic heterocycles. The molecule has 134 valence electrons. The summed E-state index contributed by atoms with van der Waals surface area (Å²) in [5.41, 5.74) is 2.31. The number of urea groups is 1. The Kier molecular flexibility index (Phi) is 5.17. The number of benzene rings is 1. The van der Waals surface area contributed by atoms with Gasteiger partial charge in [-0.25, -0.2) is 14.8 Å². The van der Waals surface area contributed by atoms with Crippen molar-refractivity contribution in [2.24, 2.45) is 0 Å². The minimum Gasteiger partial charge on any atom is -0.331 e. The number of piperidine rings is 1. The zero-order chi connectivity index (χ0) is 18.6. The van der Waals surface area contributed by atoms with E-state index in [2.05, 4.69) is 21.4 Å². The van der Waals surface area contributed by atoms with Crippen LogP contribution >= 0.6 is 0 Å². The number of nitriles is 1. The van der Waals surface area contributed by atoms with Gasteiger partial charge in [0.15, 0.2) is 0 Å². The molecule has 6 nitrogen and oxygen atoms in total. The molecular formula is C20H23N5O. The summed E-state index contributed by atoms with van der Waals surface area (Å²) in [6.07, 6.45) is 1.28. The average molecular weight is 349 g/mol. The van der Waals surface area contributed by atoms with Gasteiger partial charge < -0.3 is 10.2 Å². The van der Waals surface area contributed by atoms with Crippen LogP contribution in [0.4, 0.5) is 4.79 Å². The normalized spacial score (nSPS) is 16.0. The Balaban J connectivity index is 1.59. The fourth-order valence-corrected chi connectivity index (χ4v) is 3.46. The highest BCUT2D eigenvalue weighted by molar-refractivity contribution is 5.74. The van der Waals surface area contributed by atoms with E-state index in [0.717, 1.165) is 17.0 Å². The van der Waals surface area contributed by atoms with E-state index >= 15 is 0 Å². The molecule has 0 aliphatic carbocycles. The number of carbonyl (C=O) groups excluding carboxylic acids is 1. The van der Waals surface area contributed by atoms with E-state index < -0.39 is 5.41 Å². The van der Waals surface area contributed by atoms with Crippen LogP contribution in [0.2, 0.25) is 0 Å². The van der Waals surface area contributed by atoms with Crippen LogP contribution in [0.15, 0.2) is 36.4 Å². The molecule has 0 bridgehead atoms. The zero-order valence-electron chi connectivity index (χ0n) is 15.2. The van der Waals surface area contributed by atoms with E-state index in [4.69, 9.17) is 0 Å². The van der Waals surface area contributed by atoms with Crippen LogP contribution in [0.25, 0.3) is 0 Å². The number of nitrogens with zero attached hydrogens (tertiary/aromatic N) is 4. The lowest BCUT2D eigenvalue weighted by molar-refractivity contribution is 0.170. The molecule has 1 aromatic carbocycles. The van der Waals surface area contributed by atoms with Crippen molar-refractivity contribution in [2.45, 2.75) is 38.6 Å². The fraction of sp³-hybridized carbons (Fsp3) is 0.400. The molecule has 1 aliphatic heterocycles. The third-order valence-corrected chi connectivity index (χ3v) is 4.87. The van der Waals surface area contributed by atoms with E-state index in [-0.39, 0.29) is 6.03 Å². The SMILES string of the molecule is Cc1cc(C)nc(CNC(=O)N2CCC(C#N)(c3ccccc3)CC2)n1. The van der Waals surface area contributed by atoms with Gasteiger partial charge in [-0.2, -0.15) is 5.26 Å². The quantitative estimate of drug-likeness (QED) is 0.924. The number of hydrogen-bond acceptors (Lipinski definition) is 4. The second kappa shape index (κ2) is 7.52. The van der Waals surface area contributed by atoms with Crippen molar-refractivity contribution in [3.63, 3.8) is 0 Å². The second-order valence-electron chi connectivity index (χ2n) is 6.77. The van der Waals surface area contributed by atoms with E-state index in [9.17, 15) is 10.1 Å². The van der Waals surface area contributed by atoms with Crippen LogP contribution in [-0.4, -0.2) is 34.0 Å². The predicted molar refractivity (Wildman–Crippen MR) is 98.3 cm³/mol. The minimum atomic E-state index is -0.505. The molecule has 26 heavy (non-hydrogen) atoms. The Bertz CT molecular complexity index is 800. The molecule has 3 rings (SSSR count). The number of aryl methyl sites for hydroxylation is 2. The van der Waals surface area contributed by atoms with Gasteiger partial charge in [-0.3, -0.25) is 0 Å². The summed E-state index contributed by atoms with van der Waals surface area (Å²) in [4.78, 5) is 22.9. The van der Waals surface area contributed by atoms with Gasteiger partial charge >= 0.3 is 6.03 Å². The molecule has 0 spiro atoms. The summed E-state index contributed by atoms with van der Waals surface area (Å²) in [6.45, 7) is 5.25. The molecular weight excluding hydrogens is 326 g/mol. The van der Waals surface area contributed by atoms with Crippen molar-refractivity contribution in [3.05, 3.63) is 59.2 Å². The Morgan fingerprint density at radius 2 is 1.81 bits per heavy atom. The maximum absolute atomic E-state index is 12.5. The lowest BCUT2D eigenvalue weighted by Crippen LogP contribution is -2.48. The van der Waals surface area contributed by atoms with Gasteiger partial charge in [0, 0.05) is 24.5 Å². The van der Waals surface area contributed by atoms with Crippen molar-refractivity contribution >= 4 is 6.03 Å². The van der Waals surface area contributed by atoms with Gasteiger partial charge in [0.25, 0.3) is 0 Å². The highest BCUT2D eigenvalue weighted by atomic mass is 16.2. The standard InChI is InChI=1S/C20H23N5O/c1-15-12-16(2)24-18(23-15)13-22-19(26)25-10-8-20(14-21,9-11-25)17-6-4-3-5-7-17/h3-7,12H,8-11,13H2,1-2H3,(H,22,26). The highest BCUT2D eigenvalue weighted by Gasteiger charge is 2.37. The monoisotopic (exact) mass is 349 g/mol. The molecule has 0 saturated carbocycles. The molecule has 0 unspecified atom stereocenters. The number of nitrogens with one attached hydrogen (secondary N) is 1. The Labute approximate surface area is 153 Å². The summed E-state index contributed by atoms with van der Waals surface area (Å²) in [6, 6.07) is 14.1. The molecule has 0 radical (unpaired) electrons. The number of likely N-dealkylation sites (tertiary alicyclic amines) is 1. The van der Waals surface area contributed by atoms with E-state index in [0.29, 0.717) is 38.3 Å². The van der Waals surface area contributed by atoms with E-state index in [1.807, 2.05) is 50.2 Å². The largest absolute Gasteiger partial charge is 0.331 e. The van der Waals surface area contributed by atoms with Crippen LogP contribution in [-0.2, 0) is 12.0 Å². The van der Waals surface area contributed by atoms with Crippen LogP contribution in [0.5, 0.6) is 0 Å². The first-order valence-electron chi connectivity index (χ1n) is 8.83. The van der Waals surface area contributed by atoms with Crippen LogP contribution in [0.3, 0.4) is 0 Å². The molecule has 2 aromatic rings. The molecule has 1 N–H and O–H groups in total. The molecule has 2 amide bonds. The smallest absolute Gasteiger partial charge is 0.317 e. The van der Waals surface area contributed by atoms with Gasteiger partial charge in [-0.05, 0) is 38.3 Å². The lowest BCUT2D eigenvalue weighted by Gasteiger charge is -2.37. The maximum atomic E-state index is 12.5. The van der Waals surface area contributed by atoms with Crippen molar-refractivity contribution in [1.82, 2.24) is 20.2 Å². The summed E-state index contributed by atoms with van der Waals surface area (Å²) in [7, 11) is 0. The number of amides is 2. The lowest BCUT2D eigenvalue weighted by atomic mass is 9.74. The third-order valence-electron chi connectivity index (χ3n) is 4.87. The Hall–Kier alpha value is -2.94. The number of aromatic nitrogens is 2. The van der Waals surface area contributed by atoms with Gasteiger partial charge in [-0.15, -0.1) is 0 Å². The van der Waals surface area contributed by atoms with Crippen LogP contribution in [0.1, 0.15) is 35.6 Å². The minimum absolute atomic E-state index is 0.132. The molecule has 0 atom stereocenters. The highest BCUT2D eigenvalue weighted by Crippen LogP contribution is 2.34. The average Bonchev–Trinajstić information content (AvgIpc) is 2.66. The van der Waals surface area contributed by atoms with Crippen molar-refractivity contribution in [3.8, 4) is 6.07 Å². The molecule has 1 fully saturated rings. The zero-order valence-corrected chi connectivity index (χ0v) is 15.2. The van der Waals surface area contributed by atoms with Gasteiger partial charge in [0.2, 0.25) is 0 Å². The van der Waals surface area contributed by atoms with E-state index in [1.165, 1.54) is 0 Å². The predicted octanol–water partition coefficient (Wildman–Crippen LogP) is 2.86. The fourth-order valence-electron chi connectivity index (χ4n) is 3.46. The van der Waals surface area contributed by atoms with Crippen LogP contribution in [0, 0.1) is 25.2 Å². The van der Waals surface area contributed by atoms with Crippen molar-refractivity contribution in [1.29, 1.82) is 5.26 Å². The first-order chi connectivity index (χ1) is 12.5. The number of rotatable bonds is 3. The summed E-state index contributed by atoms with van der Waals surface area (Å²) in [5, 5.41) is 12.6. The number of carbonyl (C=O) groups is 1. The van der Waals surface area contributed by atoms with Gasteiger partial charge in [0.1, 0.15) is 5.82 Å². The molecule has 1 saturated heterocycles. The van der Waals surface area contributed by atoms with E-state index in [1.54, 1.807) is 4.90 Å². The second-order valence-corrected chi connectivity index (χ2v) is 6.77. The van der Waals surface area contributed by atoms with Gasteiger partial charge in [-0.1, -0.05) is 30.3 Å². The first-order valence-corrected chi connectivity index (χ1v) is 8.83. The summed E-state index contributed by atoms with van der Waals surface area (Å²) in [5.74, 6) is 0.614. The maximum Gasteiger partial charge on any atom is 0.317 e. The topological polar surface area (TPSA) is 81.9 Å². The number of hydrogen-bond donors (Lipinski definition) is 1. The van der Waals surface area contributed by atoms with Crippen molar-refractivity contribution in [2.75, 3.05) is 13.1 Å². The first kappa shape index (κ1) is 17.9. The summed E-state index contributed by atoms with van der Waals surface area (Å²) < 4.78 is 0. The van der Waals surface area contributed by atoms with Crippen molar-refractivity contribution < 1.29 is 4.79 Å².